The Hall–Kier alpha value is -1.84. The lowest BCUT2D eigenvalue weighted by atomic mass is 10.2. The van der Waals surface area contributed by atoms with E-state index in [4.69, 9.17) is 5.26 Å². The maximum atomic E-state index is 9.01. The molecule has 1 aromatic carbocycles. The Bertz CT molecular complexity index is 674. The number of hydrogen-bond acceptors (Lipinski definition) is 4. The van der Waals surface area contributed by atoms with Gasteiger partial charge in [-0.1, -0.05) is 49.0 Å². The zero-order valence-electron chi connectivity index (χ0n) is 14.9. The minimum atomic E-state index is 0.00164. The van der Waals surface area contributed by atoms with Crippen molar-refractivity contribution in [3.63, 3.8) is 0 Å². The highest BCUT2D eigenvalue weighted by molar-refractivity contribution is 7.99. The highest BCUT2D eigenvalue weighted by Crippen LogP contribution is 2.24. The molecule has 1 aromatic heterocycles. The van der Waals surface area contributed by atoms with E-state index in [1.165, 1.54) is 10.5 Å². The van der Waals surface area contributed by atoms with Crippen molar-refractivity contribution in [2.75, 3.05) is 19.8 Å². The molecule has 0 saturated heterocycles. The van der Waals surface area contributed by atoms with Crippen LogP contribution >= 0.6 is 11.8 Å². The first-order valence-corrected chi connectivity index (χ1v) is 9.34. The predicted molar refractivity (Wildman–Crippen MR) is 96.9 cm³/mol. The average Bonchev–Trinajstić information content (AvgIpc) is 2.96. The zero-order chi connectivity index (χ0) is 17.5. The Morgan fingerprint density at radius 1 is 1.25 bits per heavy atom. The van der Waals surface area contributed by atoms with Gasteiger partial charge in [0.2, 0.25) is 0 Å². The minimum Gasteiger partial charge on any atom is -0.331 e. The lowest BCUT2D eigenvalue weighted by Crippen LogP contribution is -3.06. The van der Waals surface area contributed by atoms with Gasteiger partial charge in [0, 0.05) is 12.2 Å². The fraction of sp³-hybridized carbons (Fsp3) is 0.500. The summed E-state index contributed by atoms with van der Waals surface area (Å²) in [5, 5.41) is 18.8. The molecule has 0 bridgehead atoms. The summed E-state index contributed by atoms with van der Waals surface area (Å²) in [4.78, 5) is 1.35. The Labute approximate surface area is 148 Å². The van der Waals surface area contributed by atoms with Crippen LogP contribution in [0.15, 0.2) is 35.5 Å². The fourth-order valence-corrected chi connectivity index (χ4v) is 3.55. The van der Waals surface area contributed by atoms with Crippen molar-refractivity contribution >= 4 is 11.8 Å². The molecule has 0 radical (unpaired) electrons. The maximum Gasteiger partial charge on any atom is 0.192 e. The monoisotopic (exact) mass is 344 g/mol. The van der Waals surface area contributed by atoms with Gasteiger partial charge in [-0.15, -0.1) is 10.2 Å². The molecular formula is C18H26N5S+. The molecule has 0 aliphatic rings. The highest BCUT2D eigenvalue weighted by atomic mass is 32.2. The summed E-state index contributed by atoms with van der Waals surface area (Å²) in [6, 6.07) is 13.0. The molecule has 24 heavy (non-hydrogen) atoms. The number of aromatic nitrogens is 3. The van der Waals surface area contributed by atoms with E-state index in [2.05, 4.69) is 66.1 Å². The molecule has 2 rings (SSSR count). The molecule has 2 aromatic rings. The van der Waals surface area contributed by atoms with E-state index in [1.54, 1.807) is 11.8 Å². The van der Waals surface area contributed by atoms with Gasteiger partial charge in [-0.25, -0.2) is 0 Å². The van der Waals surface area contributed by atoms with Gasteiger partial charge < -0.3 is 4.90 Å². The number of rotatable bonds is 8. The van der Waals surface area contributed by atoms with Crippen LogP contribution < -0.4 is 4.90 Å². The third kappa shape index (κ3) is 4.59. The molecule has 128 valence electrons. The van der Waals surface area contributed by atoms with Crippen LogP contribution in [0.1, 0.15) is 37.7 Å². The summed E-state index contributed by atoms with van der Waals surface area (Å²) >= 11 is 1.62. The number of quaternary nitrogens is 1. The summed E-state index contributed by atoms with van der Waals surface area (Å²) in [7, 11) is 4.31. The summed E-state index contributed by atoms with van der Waals surface area (Å²) in [6.07, 6.45) is 1.01. The third-order valence-electron chi connectivity index (χ3n) is 4.03. The van der Waals surface area contributed by atoms with E-state index in [0.717, 1.165) is 29.7 Å². The molecule has 0 amide bonds. The van der Waals surface area contributed by atoms with E-state index >= 15 is 0 Å². The number of hydrogen-bond donors (Lipinski definition) is 1. The number of nitriles is 1. The van der Waals surface area contributed by atoms with Crippen LogP contribution in [-0.4, -0.2) is 34.6 Å². The molecular weight excluding hydrogens is 318 g/mol. The van der Waals surface area contributed by atoms with Gasteiger partial charge >= 0.3 is 0 Å². The average molecular weight is 345 g/mol. The van der Waals surface area contributed by atoms with Gasteiger partial charge in [-0.05, 0) is 12.5 Å². The molecule has 1 N–H and O–H groups in total. The Morgan fingerprint density at radius 3 is 2.54 bits per heavy atom. The van der Waals surface area contributed by atoms with Crippen molar-refractivity contribution in [1.82, 2.24) is 14.8 Å². The van der Waals surface area contributed by atoms with Crippen LogP contribution in [0.2, 0.25) is 0 Å². The number of nitrogens with one attached hydrogen (secondary N) is 1. The molecule has 0 spiro atoms. The number of benzene rings is 1. The topological polar surface area (TPSA) is 58.9 Å². The van der Waals surface area contributed by atoms with E-state index in [0.29, 0.717) is 6.04 Å². The van der Waals surface area contributed by atoms with Gasteiger partial charge in [0.1, 0.15) is 6.04 Å². The number of nitrogens with zero attached hydrogens (tertiary/aromatic N) is 4. The minimum absolute atomic E-state index is 0.00164. The van der Waals surface area contributed by atoms with Crippen molar-refractivity contribution in [3.05, 3.63) is 41.7 Å². The van der Waals surface area contributed by atoms with Gasteiger partial charge in [-0.3, -0.25) is 4.57 Å². The van der Waals surface area contributed by atoms with E-state index < -0.39 is 0 Å². The first kappa shape index (κ1) is 18.5. The molecule has 0 aliphatic carbocycles. The Kier molecular flexibility index (Phi) is 6.83. The predicted octanol–water partition coefficient (Wildman–Crippen LogP) is 2.17. The molecule has 0 fully saturated rings. The normalized spacial score (nSPS) is 13.7. The lowest BCUT2D eigenvalue weighted by Gasteiger charge is -2.20. The van der Waals surface area contributed by atoms with Crippen LogP contribution in [0.3, 0.4) is 0 Å². The van der Waals surface area contributed by atoms with Gasteiger partial charge in [0.25, 0.3) is 0 Å². The molecule has 6 heteroatoms. The lowest BCUT2D eigenvalue weighted by molar-refractivity contribution is -0.893. The summed E-state index contributed by atoms with van der Waals surface area (Å²) < 4.78 is 2.21. The van der Waals surface area contributed by atoms with Gasteiger partial charge in [-0.2, -0.15) is 5.26 Å². The van der Waals surface area contributed by atoms with Crippen molar-refractivity contribution in [2.24, 2.45) is 5.92 Å². The van der Waals surface area contributed by atoms with Crippen LogP contribution in [0.25, 0.3) is 0 Å². The van der Waals surface area contributed by atoms with Crippen molar-refractivity contribution in [2.45, 2.75) is 38.0 Å². The Morgan fingerprint density at radius 2 is 1.96 bits per heavy atom. The summed E-state index contributed by atoms with van der Waals surface area (Å²) in [5.41, 5.74) is 1.23. The highest BCUT2D eigenvalue weighted by Gasteiger charge is 2.25. The molecule has 0 unspecified atom stereocenters. The standard InChI is InChI=1S/C18H25N5S/c1-5-16(22(3)4)17-20-21-18(24-13-14(2)11-19)23(17)12-15-9-7-6-8-10-15/h6-10,14,16H,5,12-13H2,1-4H3/p+1/t14-,16+/m0/s1. The second-order valence-electron chi connectivity index (χ2n) is 6.29. The van der Waals surface area contributed by atoms with Crippen LogP contribution in [-0.2, 0) is 6.54 Å². The van der Waals surface area contributed by atoms with E-state index in [-0.39, 0.29) is 5.92 Å². The second-order valence-corrected chi connectivity index (χ2v) is 7.28. The Balaban J connectivity index is 2.33. The number of thioether (sulfide) groups is 1. The van der Waals surface area contributed by atoms with Gasteiger partial charge in [0.05, 0.1) is 32.6 Å². The van der Waals surface area contributed by atoms with Crippen LogP contribution in [0.5, 0.6) is 0 Å². The molecule has 0 aliphatic heterocycles. The third-order valence-corrected chi connectivity index (χ3v) is 5.26. The van der Waals surface area contributed by atoms with Crippen molar-refractivity contribution in [1.29, 1.82) is 5.26 Å². The zero-order valence-corrected chi connectivity index (χ0v) is 15.7. The first-order valence-electron chi connectivity index (χ1n) is 8.36. The summed E-state index contributed by atoms with van der Waals surface area (Å²) in [6.45, 7) is 4.88. The van der Waals surface area contributed by atoms with Crippen LogP contribution in [0.4, 0.5) is 0 Å². The van der Waals surface area contributed by atoms with E-state index in [9.17, 15) is 0 Å². The SMILES string of the molecule is CC[C@H](c1nnc(SC[C@@H](C)C#N)n1Cc1ccccc1)[NH+](C)C. The first-order chi connectivity index (χ1) is 11.6. The fourth-order valence-electron chi connectivity index (χ4n) is 2.66. The molecule has 2 atom stereocenters. The largest absolute Gasteiger partial charge is 0.331 e. The summed E-state index contributed by atoms with van der Waals surface area (Å²) in [5.74, 6) is 1.75. The second kappa shape index (κ2) is 8.86. The van der Waals surface area contributed by atoms with Gasteiger partial charge in [0.15, 0.2) is 11.0 Å². The van der Waals surface area contributed by atoms with E-state index in [1.807, 2.05) is 13.0 Å². The molecule has 5 nitrogen and oxygen atoms in total. The molecule has 0 saturated carbocycles. The maximum absolute atomic E-state index is 9.01. The van der Waals surface area contributed by atoms with Crippen LogP contribution in [0, 0.1) is 17.2 Å². The van der Waals surface area contributed by atoms with Crippen molar-refractivity contribution in [3.8, 4) is 6.07 Å². The van der Waals surface area contributed by atoms with Crippen molar-refractivity contribution < 1.29 is 4.90 Å². The molecule has 1 heterocycles. The quantitative estimate of drug-likeness (QED) is 0.746. The smallest absolute Gasteiger partial charge is 0.192 e.